The molecule has 0 atom stereocenters. The van der Waals surface area contributed by atoms with Crippen molar-refractivity contribution in [2.75, 3.05) is 56.7 Å². The maximum absolute atomic E-state index is 12.4. The molecule has 0 saturated carbocycles. The highest BCUT2D eigenvalue weighted by molar-refractivity contribution is 6.01. The van der Waals surface area contributed by atoms with Crippen molar-refractivity contribution in [1.82, 2.24) is 9.88 Å². The highest BCUT2D eigenvalue weighted by atomic mass is 16.6. The van der Waals surface area contributed by atoms with Gasteiger partial charge in [-0.05, 0) is 56.7 Å². The average Bonchev–Trinajstić information content (AvgIpc) is 2.86. The molecule has 1 aromatic heterocycles. The van der Waals surface area contributed by atoms with Gasteiger partial charge in [-0.3, -0.25) is 4.79 Å². The third kappa shape index (κ3) is 6.38. The lowest BCUT2D eigenvalue weighted by molar-refractivity contribution is -0.111. The first-order valence-corrected chi connectivity index (χ1v) is 11.9. The van der Waals surface area contributed by atoms with E-state index in [9.17, 15) is 9.59 Å². The van der Waals surface area contributed by atoms with Crippen LogP contribution in [0.2, 0.25) is 0 Å². The molecule has 10 nitrogen and oxygen atoms in total. The molecule has 36 heavy (non-hydrogen) atoms. The van der Waals surface area contributed by atoms with E-state index in [4.69, 9.17) is 18.9 Å². The molecular formula is C26H32N4O6. The van der Waals surface area contributed by atoms with Gasteiger partial charge in [-0.15, -0.1) is 0 Å². The Labute approximate surface area is 210 Å². The molecule has 1 aromatic carbocycles. The number of hydrogen-bond acceptors (Lipinski definition) is 8. The van der Waals surface area contributed by atoms with Crippen LogP contribution in [0.25, 0.3) is 6.08 Å². The number of benzene rings is 1. The van der Waals surface area contributed by atoms with Crippen molar-refractivity contribution in [2.24, 2.45) is 0 Å². The Morgan fingerprint density at radius 2 is 1.83 bits per heavy atom. The maximum Gasteiger partial charge on any atom is 0.410 e. The van der Waals surface area contributed by atoms with Crippen molar-refractivity contribution < 1.29 is 28.5 Å². The zero-order valence-electron chi connectivity index (χ0n) is 21.1. The summed E-state index contributed by atoms with van der Waals surface area (Å²) in [5.41, 5.74) is 1.17. The molecule has 10 heteroatoms. The van der Waals surface area contributed by atoms with Crippen LogP contribution >= 0.6 is 0 Å². The van der Waals surface area contributed by atoms with Gasteiger partial charge in [0.1, 0.15) is 24.6 Å². The average molecular weight is 497 g/mol. The number of pyridine rings is 1. The van der Waals surface area contributed by atoms with Crippen LogP contribution in [-0.4, -0.2) is 74.0 Å². The molecule has 0 aliphatic carbocycles. The van der Waals surface area contributed by atoms with E-state index in [0.29, 0.717) is 62.5 Å². The Morgan fingerprint density at radius 1 is 1.08 bits per heavy atom. The first-order chi connectivity index (χ1) is 17.2. The number of piperazine rings is 1. The van der Waals surface area contributed by atoms with E-state index in [0.717, 1.165) is 11.3 Å². The van der Waals surface area contributed by atoms with Crippen molar-refractivity contribution in [2.45, 2.75) is 26.4 Å². The topological polar surface area (TPSA) is 102 Å². The fourth-order valence-electron chi connectivity index (χ4n) is 3.85. The fourth-order valence-corrected chi connectivity index (χ4v) is 3.85. The molecule has 0 radical (unpaired) electrons. The Hall–Kier alpha value is -3.95. The summed E-state index contributed by atoms with van der Waals surface area (Å²) in [7, 11) is 1.56. The Bertz CT molecular complexity index is 1100. The summed E-state index contributed by atoms with van der Waals surface area (Å²) in [5.74, 6) is 1.85. The normalized spacial score (nSPS) is 15.6. The van der Waals surface area contributed by atoms with Gasteiger partial charge in [0.2, 0.25) is 11.7 Å². The minimum atomic E-state index is -0.510. The smallest absolute Gasteiger partial charge is 0.410 e. The second-order valence-corrected chi connectivity index (χ2v) is 9.43. The van der Waals surface area contributed by atoms with Crippen LogP contribution in [0.5, 0.6) is 17.2 Å². The van der Waals surface area contributed by atoms with Crippen LogP contribution < -0.4 is 24.4 Å². The Morgan fingerprint density at radius 3 is 2.50 bits per heavy atom. The number of nitrogens with one attached hydrogen (secondary N) is 1. The third-order valence-corrected chi connectivity index (χ3v) is 5.57. The number of methoxy groups -OCH3 is 1. The molecule has 3 heterocycles. The molecule has 1 fully saturated rings. The fraction of sp³-hybridized carbons (Fsp3) is 0.423. The van der Waals surface area contributed by atoms with Crippen molar-refractivity contribution in [3.63, 3.8) is 0 Å². The van der Waals surface area contributed by atoms with Crippen LogP contribution in [-0.2, 0) is 9.53 Å². The van der Waals surface area contributed by atoms with Crippen LogP contribution in [0.4, 0.5) is 16.3 Å². The monoisotopic (exact) mass is 496 g/mol. The second-order valence-electron chi connectivity index (χ2n) is 9.43. The van der Waals surface area contributed by atoms with Gasteiger partial charge in [0.05, 0.1) is 19.0 Å². The number of carbonyl (C=O) groups is 2. The molecule has 2 aliphatic rings. The number of nitrogens with zero attached hydrogens (tertiary/aromatic N) is 3. The number of amides is 2. The summed E-state index contributed by atoms with van der Waals surface area (Å²) < 4.78 is 22.1. The molecule has 0 unspecified atom stereocenters. The predicted molar refractivity (Wildman–Crippen MR) is 136 cm³/mol. The minimum Gasteiger partial charge on any atom is -0.493 e. The van der Waals surface area contributed by atoms with Crippen molar-refractivity contribution >= 4 is 29.6 Å². The van der Waals surface area contributed by atoms with Gasteiger partial charge < -0.3 is 34.1 Å². The largest absolute Gasteiger partial charge is 0.493 e. The lowest BCUT2D eigenvalue weighted by Gasteiger charge is -2.36. The predicted octanol–water partition coefficient (Wildman–Crippen LogP) is 3.57. The van der Waals surface area contributed by atoms with E-state index >= 15 is 0 Å². The van der Waals surface area contributed by atoms with E-state index in [1.807, 2.05) is 26.8 Å². The Balaban J connectivity index is 1.30. The van der Waals surface area contributed by atoms with E-state index in [1.54, 1.807) is 42.5 Å². The van der Waals surface area contributed by atoms with Gasteiger partial charge in [0.25, 0.3) is 0 Å². The molecule has 2 aliphatic heterocycles. The number of ether oxygens (including phenoxy) is 4. The van der Waals surface area contributed by atoms with Gasteiger partial charge in [-0.25, -0.2) is 9.78 Å². The summed E-state index contributed by atoms with van der Waals surface area (Å²) in [5, 5.41) is 2.76. The standard InChI is InChI=1S/C26H32N4O6/c1-26(2,3)36-25(32)30-11-9-29(10-12-30)19-6-7-22(27-17-19)28-23(31)8-5-18-15-20(33-4)24-21(16-18)34-13-14-35-24/h5-8,15-17H,9-14H2,1-4H3,(H,27,28,31)/b8-5+. The lowest BCUT2D eigenvalue weighted by Crippen LogP contribution is -2.50. The van der Waals surface area contributed by atoms with Gasteiger partial charge in [0, 0.05) is 32.3 Å². The van der Waals surface area contributed by atoms with Gasteiger partial charge in [0.15, 0.2) is 11.5 Å². The molecule has 2 amide bonds. The Kier molecular flexibility index (Phi) is 7.52. The minimum absolute atomic E-state index is 0.291. The molecular weight excluding hydrogens is 464 g/mol. The molecule has 0 bridgehead atoms. The lowest BCUT2D eigenvalue weighted by atomic mass is 10.1. The van der Waals surface area contributed by atoms with E-state index in [2.05, 4.69) is 15.2 Å². The maximum atomic E-state index is 12.4. The summed E-state index contributed by atoms with van der Waals surface area (Å²) in [6.07, 6.45) is 4.53. The zero-order valence-corrected chi connectivity index (χ0v) is 21.1. The SMILES string of the molecule is COc1cc(/C=C/C(=O)Nc2ccc(N3CCN(C(=O)OC(C)(C)C)CC3)cn2)cc2c1OCCO2. The zero-order chi connectivity index (χ0) is 25.7. The second kappa shape index (κ2) is 10.8. The highest BCUT2D eigenvalue weighted by Crippen LogP contribution is 2.40. The summed E-state index contributed by atoms with van der Waals surface area (Å²) in [6.45, 7) is 9.00. The number of hydrogen-bond donors (Lipinski definition) is 1. The first kappa shape index (κ1) is 25.2. The number of rotatable bonds is 5. The number of aromatic nitrogens is 1. The van der Waals surface area contributed by atoms with Crippen LogP contribution in [0.1, 0.15) is 26.3 Å². The van der Waals surface area contributed by atoms with Crippen LogP contribution in [0.3, 0.4) is 0 Å². The van der Waals surface area contributed by atoms with Crippen LogP contribution in [0, 0.1) is 0 Å². The van der Waals surface area contributed by atoms with E-state index in [-0.39, 0.29) is 12.0 Å². The van der Waals surface area contributed by atoms with Crippen molar-refractivity contribution in [1.29, 1.82) is 0 Å². The molecule has 1 saturated heterocycles. The number of carbonyl (C=O) groups excluding carboxylic acids is 2. The van der Waals surface area contributed by atoms with E-state index in [1.165, 1.54) is 6.08 Å². The highest BCUT2D eigenvalue weighted by Gasteiger charge is 2.26. The summed E-state index contributed by atoms with van der Waals surface area (Å²) in [4.78, 5) is 32.9. The van der Waals surface area contributed by atoms with Gasteiger partial charge in [-0.2, -0.15) is 0 Å². The molecule has 1 N–H and O–H groups in total. The molecule has 192 valence electrons. The van der Waals surface area contributed by atoms with E-state index < -0.39 is 5.60 Å². The third-order valence-electron chi connectivity index (χ3n) is 5.57. The van der Waals surface area contributed by atoms with Gasteiger partial charge in [-0.1, -0.05) is 0 Å². The van der Waals surface area contributed by atoms with Gasteiger partial charge >= 0.3 is 6.09 Å². The summed E-state index contributed by atoms with van der Waals surface area (Å²) >= 11 is 0. The molecule has 4 rings (SSSR count). The van der Waals surface area contributed by atoms with Crippen molar-refractivity contribution in [3.8, 4) is 17.2 Å². The molecule has 0 spiro atoms. The number of fused-ring (bicyclic) bond motifs is 1. The quantitative estimate of drug-likeness (QED) is 0.627. The van der Waals surface area contributed by atoms with Crippen molar-refractivity contribution in [3.05, 3.63) is 42.1 Å². The summed E-state index contributed by atoms with van der Waals surface area (Å²) in [6, 6.07) is 7.25. The van der Waals surface area contributed by atoms with Crippen LogP contribution in [0.15, 0.2) is 36.5 Å². The number of anilines is 2. The molecule has 2 aromatic rings. The first-order valence-electron chi connectivity index (χ1n) is 11.9.